The lowest BCUT2D eigenvalue weighted by atomic mass is 10.1. The van der Waals surface area contributed by atoms with Gasteiger partial charge in [0.2, 0.25) is 0 Å². The molecule has 0 aliphatic heterocycles. The quantitative estimate of drug-likeness (QED) is 0.420. The Kier molecular flexibility index (Phi) is 7.49. The van der Waals surface area contributed by atoms with Crippen molar-refractivity contribution in [2.45, 2.75) is 50.5 Å². The Labute approximate surface area is 201 Å². The minimum Gasteiger partial charge on any atom is -0.467 e. The number of furan rings is 1. The Balaban J connectivity index is 1.82. The highest BCUT2D eigenvalue weighted by Gasteiger charge is 2.32. The Morgan fingerprint density at radius 3 is 2.34 bits per heavy atom. The number of amides is 2. The summed E-state index contributed by atoms with van der Waals surface area (Å²) >= 11 is 0. The van der Waals surface area contributed by atoms with Crippen molar-refractivity contribution in [3.8, 4) is 5.75 Å². The zero-order chi connectivity index (χ0) is 25.9. The molecule has 0 aliphatic carbocycles. The Hall–Kier alpha value is -3.47. The second-order valence-corrected chi connectivity index (χ2v) is 10.4. The first-order chi connectivity index (χ1) is 16.2. The summed E-state index contributed by atoms with van der Waals surface area (Å²) in [4.78, 5) is 13.7. The largest absolute Gasteiger partial charge is 0.467 e. The van der Waals surface area contributed by atoms with Crippen LogP contribution in [0.5, 0.6) is 5.75 Å². The number of carbonyl (C=O) groups is 1. The van der Waals surface area contributed by atoms with E-state index in [0.29, 0.717) is 17.4 Å². The van der Waals surface area contributed by atoms with Gasteiger partial charge in [0.25, 0.3) is 0 Å². The Morgan fingerprint density at radius 1 is 1.00 bits per heavy atom. The first-order valence-electron chi connectivity index (χ1n) is 10.5. The molecule has 1 heterocycles. The molecule has 0 aliphatic rings. The van der Waals surface area contributed by atoms with E-state index in [9.17, 15) is 26.4 Å². The van der Waals surface area contributed by atoms with Gasteiger partial charge in [-0.05, 0) is 68.8 Å². The highest BCUT2D eigenvalue weighted by atomic mass is 32.2. The van der Waals surface area contributed by atoms with E-state index in [1.807, 2.05) is 20.8 Å². The molecule has 2 aromatic carbocycles. The number of rotatable bonds is 7. The lowest BCUT2D eigenvalue weighted by Gasteiger charge is -2.28. The molecule has 0 atom stereocenters. The molecule has 0 fully saturated rings. The third-order valence-electron chi connectivity index (χ3n) is 4.62. The van der Waals surface area contributed by atoms with Crippen molar-refractivity contribution in [1.82, 2.24) is 10.2 Å². The lowest BCUT2D eigenvalue weighted by Crippen LogP contribution is -2.47. The number of hydrogen-bond acceptors (Lipinski definition) is 5. The second kappa shape index (κ2) is 10.0. The van der Waals surface area contributed by atoms with Gasteiger partial charge in [-0.2, -0.15) is 21.6 Å². The van der Waals surface area contributed by atoms with Crippen LogP contribution in [0.25, 0.3) is 0 Å². The molecule has 3 rings (SSSR count). The van der Waals surface area contributed by atoms with E-state index in [0.717, 1.165) is 18.2 Å². The minimum absolute atomic E-state index is 0.0867. The Morgan fingerprint density at radius 2 is 1.71 bits per heavy atom. The van der Waals surface area contributed by atoms with Gasteiger partial charge in [0, 0.05) is 12.1 Å². The molecule has 1 N–H and O–H groups in total. The molecule has 7 nitrogen and oxygen atoms in total. The zero-order valence-corrected chi connectivity index (χ0v) is 20.1. The number of carbonyl (C=O) groups excluding carboxylic acids is 1. The molecule has 0 saturated heterocycles. The molecule has 188 valence electrons. The van der Waals surface area contributed by atoms with E-state index in [4.69, 9.17) is 8.60 Å². The van der Waals surface area contributed by atoms with Crippen molar-refractivity contribution >= 4 is 16.1 Å². The normalized spacial score (nSPS) is 12.3. The van der Waals surface area contributed by atoms with Gasteiger partial charge in [-0.15, -0.1) is 0 Å². The van der Waals surface area contributed by atoms with Crippen LogP contribution in [-0.4, -0.2) is 24.9 Å². The van der Waals surface area contributed by atoms with E-state index in [2.05, 4.69) is 5.32 Å². The molecular weight excluding hydrogens is 485 g/mol. The number of benzene rings is 2. The smallest absolute Gasteiger partial charge is 0.416 e. The van der Waals surface area contributed by atoms with E-state index >= 15 is 0 Å². The van der Waals surface area contributed by atoms with Crippen molar-refractivity contribution in [3.05, 3.63) is 83.8 Å². The van der Waals surface area contributed by atoms with Gasteiger partial charge in [-0.25, -0.2) is 4.79 Å². The molecule has 0 spiro atoms. The van der Waals surface area contributed by atoms with Crippen LogP contribution in [0.2, 0.25) is 0 Å². The second-order valence-electron chi connectivity index (χ2n) is 8.83. The van der Waals surface area contributed by atoms with E-state index in [1.54, 1.807) is 18.2 Å². The summed E-state index contributed by atoms with van der Waals surface area (Å²) in [7, 11) is -4.53. The van der Waals surface area contributed by atoms with Crippen molar-refractivity contribution < 1.29 is 35.0 Å². The van der Waals surface area contributed by atoms with E-state index < -0.39 is 32.3 Å². The fraction of sp³-hybridized carbons (Fsp3) is 0.292. The molecular formula is C24H25F3N2O5S. The third-order valence-corrected chi connectivity index (χ3v) is 5.87. The number of urea groups is 1. The number of nitrogens with one attached hydrogen (secondary N) is 1. The van der Waals surface area contributed by atoms with Crippen LogP contribution in [0, 0.1) is 0 Å². The SMILES string of the molecule is CC(C)(C)NC(=O)N(Cc1cccc(OS(=O)(=O)c2cccc(C(F)(F)F)c2)c1)Cc1ccco1. The Bertz CT molecular complexity index is 1270. The maximum Gasteiger partial charge on any atom is 0.416 e. The topological polar surface area (TPSA) is 88.9 Å². The predicted octanol–water partition coefficient (Wildman–Crippen LogP) is 5.58. The first-order valence-corrected chi connectivity index (χ1v) is 11.9. The predicted molar refractivity (Wildman–Crippen MR) is 122 cm³/mol. The fourth-order valence-electron chi connectivity index (χ4n) is 3.11. The standard InChI is InChI=1S/C24H25F3N2O5S/c1-23(2,3)28-22(30)29(16-20-10-6-12-33-20)15-17-7-4-9-19(13-17)34-35(31,32)21-11-5-8-18(14-21)24(25,26)27/h4-14H,15-16H2,1-3H3,(H,28,30). The molecule has 2 amide bonds. The summed E-state index contributed by atoms with van der Waals surface area (Å²) in [5, 5.41) is 2.87. The summed E-state index contributed by atoms with van der Waals surface area (Å²) in [6.45, 7) is 5.75. The van der Waals surface area contributed by atoms with Gasteiger partial charge in [-0.3, -0.25) is 0 Å². The van der Waals surface area contributed by atoms with Gasteiger partial charge in [0.05, 0.1) is 18.4 Å². The van der Waals surface area contributed by atoms with Gasteiger partial charge >= 0.3 is 22.3 Å². The van der Waals surface area contributed by atoms with Crippen LogP contribution >= 0.6 is 0 Å². The fourth-order valence-corrected chi connectivity index (χ4v) is 4.08. The molecule has 0 unspecified atom stereocenters. The summed E-state index contributed by atoms with van der Waals surface area (Å²) in [5.41, 5.74) is -1.06. The molecule has 0 bridgehead atoms. The molecule has 35 heavy (non-hydrogen) atoms. The maximum absolute atomic E-state index is 13.0. The van der Waals surface area contributed by atoms with Gasteiger partial charge in [0.15, 0.2) is 0 Å². The molecule has 0 saturated carbocycles. The molecule has 0 radical (unpaired) electrons. The monoisotopic (exact) mass is 510 g/mol. The number of halogens is 3. The van der Waals surface area contributed by atoms with Crippen molar-refractivity contribution in [1.29, 1.82) is 0 Å². The van der Waals surface area contributed by atoms with E-state index in [1.165, 1.54) is 29.4 Å². The summed E-state index contributed by atoms with van der Waals surface area (Å²) in [5.74, 6) is 0.447. The number of hydrogen-bond donors (Lipinski definition) is 1. The van der Waals surface area contributed by atoms with Crippen LogP contribution < -0.4 is 9.50 Å². The highest BCUT2D eigenvalue weighted by molar-refractivity contribution is 7.87. The average molecular weight is 511 g/mol. The molecule has 3 aromatic rings. The molecule has 1 aromatic heterocycles. The first kappa shape index (κ1) is 26.1. The summed E-state index contributed by atoms with van der Waals surface area (Å²) in [6, 6.07) is 12.3. The van der Waals surface area contributed by atoms with Crippen molar-refractivity contribution in [2.24, 2.45) is 0 Å². The summed E-state index contributed by atoms with van der Waals surface area (Å²) in [6.07, 6.45) is -3.21. The van der Waals surface area contributed by atoms with Crippen molar-refractivity contribution in [2.75, 3.05) is 0 Å². The number of nitrogens with zero attached hydrogens (tertiary/aromatic N) is 1. The van der Waals surface area contributed by atoms with Gasteiger partial charge < -0.3 is 18.8 Å². The summed E-state index contributed by atoms with van der Waals surface area (Å²) < 4.78 is 74.6. The lowest BCUT2D eigenvalue weighted by molar-refractivity contribution is -0.137. The highest BCUT2D eigenvalue weighted by Crippen LogP contribution is 2.31. The molecule has 11 heteroatoms. The van der Waals surface area contributed by atoms with Crippen LogP contribution in [0.1, 0.15) is 37.7 Å². The zero-order valence-electron chi connectivity index (χ0n) is 19.3. The average Bonchev–Trinajstić information content (AvgIpc) is 3.25. The third kappa shape index (κ3) is 7.51. The van der Waals surface area contributed by atoms with Crippen LogP contribution in [0.3, 0.4) is 0 Å². The van der Waals surface area contributed by atoms with E-state index in [-0.39, 0.29) is 24.9 Å². The van der Waals surface area contributed by atoms with Crippen LogP contribution in [-0.2, 0) is 29.4 Å². The minimum atomic E-state index is -4.70. The number of alkyl halides is 3. The van der Waals surface area contributed by atoms with Gasteiger partial charge in [-0.1, -0.05) is 18.2 Å². The van der Waals surface area contributed by atoms with Crippen molar-refractivity contribution in [3.63, 3.8) is 0 Å². The van der Waals surface area contributed by atoms with Gasteiger partial charge in [0.1, 0.15) is 16.4 Å². The maximum atomic E-state index is 13.0. The van der Waals surface area contributed by atoms with Crippen LogP contribution in [0.15, 0.2) is 76.2 Å². The van der Waals surface area contributed by atoms with Crippen LogP contribution in [0.4, 0.5) is 18.0 Å².